The zero-order valence-electron chi connectivity index (χ0n) is 15.2. The molecule has 0 aliphatic carbocycles. The number of carbonyl (C=O) groups is 1. The van der Waals surface area contributed by atoms with Gasteiger partial charge in [-0.1, -0.05) is 24.3 Å². The fourth-order valence-corrected chi connectivity index (χ4v) is 4.82. The van der Waals surface area contributed by atoms with E-state index in [0.29, 0.717) is 12.3 Å². The van der Waals surface area contributed by atoms with Gasteiger partial charge in [-0.05, 0) is 55.1 Å². The third kappa shape index (κ3) is 3.81. The number of carbonyl (C=O) groups excluding carboxylic acids is 1. The molecule has 1 atom stereocenters. The van der Waals surface area contributed by atoms with E-state index in [4.69, 9.17) is 4.74 Å². The number of hydrogen-bond donors (Lipinski definition) is 0. The highest BCUT2D eigenvalue weighted by atomic mass is 32.2. The molecule has 0 N–H and O–H groups in total. The lowest BCUT2D eigenvalue weighted by molar-refractivity contribution is 0.0968. The molecule has 4 rings (SSSR count). The first kappa shape index (κ1) is 17.6. The Morgan fingerprint density at radius 1 is 1.27 bits per heavy atom. The molecule has 136 valence electrons. The average molecular weight is 368 g/mol. The largest absolute Gasteiger partial charge is 0.492 e. The van der Waals surface area contributed by atoms with E-state index >= 15 is 0 Å². The molecular formula is C22H25NO2S. The van der Waals surface area contributed by atoms with Gasteiger partial charge in [0.15, 0.2) is 5.78 Å². The molecule has 26 heavy (non-hydrogen) atoms. The Hall–Kier alpha value is -1.78. The van der Waals surface area contributed by atoms with Crippen LogP contribution in [0.1, 0.15) is 40.2 Å². The normalized spacial score (nSPS) is 19.8. The molecule has 0 aromatic heterocycles. The molecule has 0 radical (unpaired) electrons. The summed E-state index contributed by atoms with van der Waals surface area (Å²) in [6, 6.07) is 14.5. The van der Waals surface area contributed by atoms with Crippen LogP contribution in [0.3, 0.4) is 0 Å². The van der Waals surface area contributed by atoms with Crippen LogP contribution in [-0.2, 0) is 0 Å². The molecule has 0 saturated carbocycles. The number of Topliss-reactive ketones (excluding diaryl/α,β-unsaturated/α-hetero) is 1. The minimum Gasteiger partial charge on any atom is -0.492 e. The molecule has 2 aromatic carbocycles. The summed E-state index contributed by atoms with van der Waals surface area (Å²) < 4.78 is 5.62. The Morgan fingerprint density at radius 3 is 3.04 bits per heavy atom. The lowest BCUT2D eigenvalue weighted by Crippen LogP contribution is -2.23. The third-order valence-corrected chi connectivity index (χ3v) is 6.42. The summed E-state index contributed by atoms with van der Waals surface area (Å²) >= 11 is 1.78. The molecule has 4 heteroatoms. The van der Waals surface area contributed by atoms with Gasteiger partial charge in [-0.25, -0.2) is 0 Å². The number of hydrogen-bond acceptors (Lipinski definition) is 4. The predicted molar refractivity (Wildman–Crippen MR) is 107 cm³/mol. The highest BCUT2D eigenvalue weighted by Crippen LogP contribution is 2.34. The van der Waals surface area contributed by atoms with Gasteiger partial charge in [-0.3, -0.25) is 4.79 Å². The molecule has 2 aliphatic heterocycles. The molecule has 3 nitrogen and oxygen atoms in total. The van der Waals surface area contributed by atoms with E-state index in [1.54, 1.807) is 11.8 Å². The average Bonchev–Trinajstić information content (AvgIpc) is 3.15. The van der Waals surface area contributed by atoms with Crippen LogP contribution in [0, 0.1) is 6.92 Å². The number of ether oxygens (including phenoxy) is 1. The van der Waals surface area contributed by atoms with Crippen molar-refractivity contribution in [1.82, 2.24) is 4.90 Å². The van der Waals surface area contributed by atoms with Crippen LogP contribution in [-0.4, -0.2) is 42.7 Å². The van der Waals surface area contributed by atoms with E-state index in [1.807, 2.05) is 18.2 Å². The van der Waals surface area contributed by atoms with Crippen molar-refractivity contribution in [2.24, 2.45) is 0 Å². The number of ketones is 1. The minimum atomic E-state index is 0.235. The molecule has 0 amide bonds. The van der Waals surface area contributed by atoms with E-state index in [9.17, 15) is 4.79 Å². The van der Waals surface area contributed by atoms with Crippen molar-refractivity contribution in [3.8, 4) is 5.75 Å². The number of nitrogens with zero attached hydrogens (tertiary/aromatic N) is 1. The van der Waals surface area contributed by atoms with Crippen LogP contribution in [0.5, 0.6) is 5.75 Å². The lowest BCUT2D eigenvalue weighted by Gasteiger charge is -2.18. The first-order chi connectivity index (χ1) is 12.7. The van der Waals surface area contributed by atoms with Crippen molar-refractivity contribution in [3.05, 3.63) is 59.2 Å². The van der Waals surface area contributed by atoms with Crippen molar-refractivity contribution in [2.45, 2.75) is 30.6 Å². The van der Waals surface area contributed by atoms with Gasteiger partial charge in [0.2, 0.25) is 0 Å². The van der Waals surface area contributed by atoms with E-state index in [0.717, 1.165) is 48.2 Å². The third-order valence-electron chi connectivity index (χ3n) is 5.42. The van der Waals surface area contributed by atoms with E-state index in [2.05, 4.69) is 36.1 Å². The quantitative estimate of drug-likeness (QED) is 0.726. The van der Waals surface area contributed by atoms with Crippen molar-refractivity contribution in [3.63, 3.8) is 0 Å². The number of rotatable bonds is 5. The fraction of sp³-hybridized carbons (Fsp3) is 0.409. The highest BCUT2D eigenvalue weighted by Gasteiger charge is 2.25. The molecule has 0 bridgehead atoms. The summed E-state index contributed by atoms with van der Waals surface area (Å²) in [5, 5.41) is 0. The van der Waals surface area contributed by atoms with Gasteiger partial charge in [0.05, 0.1) is 11.5 Å². The first-order valence-corrected chi connectivity index (χ1v) is 10.4. The summed E-state index contributed by atoms with van der Waals surface area (Å²) in [6.07, 6.45) is 1.77. The Bertz CT molecular complexity index is 804. The molecule has 0 spiro atoms. The Kier molecular flexibility index (Phi) is 5.32. The van der Waals surface area contributed by atoms with Crippen molar-refractivity contribution >= 4 is 17.5 Å². The van der Waals surface area contributed by atoms with Crippen LogP contribution in [0.15, 0.2) is 47.4 Å². The summed E-state index contributed by atoms with van der Waals surface area (Å²) in [6.45, 7) is 5.94. The second kappa shape index (κ2) is 7.85. The molecule has 1 fully saturated rings. The van der Waals surface area contributed by atoms with Crippen molar-refractivity contribution in [2.75, 3.05) is 32.0 Å². The van der Waals surface area contributed by atoms with Crippen LogP contribution < -0.4 is 4.74 Å². The maximum atomic E-state index is 12.6. The minimum absolute atomic E-state index is 0.235. The number of aryl methyl sites for hydroxylation is 1. The highest BCUT2D eigenvalue weighted by molar-refractivity contribution is 7.99. The SMILES string of the molecule is Cc1ccccc1C1CCN(CCC(=O)c2ccc3c(c2)SCCO3)C1. The lowest BCUT2D eigenvalue weighted by atomic mass is 9.94. The number of fused-ring (bicyclic) bond motifs is 1. The molecular weight excluding hydrogens is 342 g/mol. The Labute approximate surface area is 159 Å². The second-order valence-corrected chi connectivity index (χ2v) is 8.31. The van der Waals surface area contributed by atoms with Crippen molar-refractivity contribution in [1.29, 1.82) is 0 Å². The fourth-order valence-electron chi connectivity index (χ4n) is 3.96. The van der Waals surface area contributed by atoms with Crippen LogP contribution >= 0.6 is 11.8 Å². The Morgan fingerprint density at radius 2 is 2.15 bits per heavy atom. The van der Waals surface area contributed by atoms with E-state index in [-0.39, 0.29) is 5.78 Å². The molecule has 1 unspecified atom stereocenters. The van der Waals surface area contributed by atoms with Crippen LogP contribution in [0.25, 0.3) is 0 Å². The number of benzene rings is 2. The second-order valence-electron chi connectivity index (χ2n) is 7.17. The first-order valence-electron chi connectivity index (χ1n) is 9.41. The topological polar surface area (TPSA) is 29.5 Å². The smallest absolute Gasteiger partial charge is 0.164 e. The standard InChI is InChI=1S/C22H25NO2S/c1-16-4-2-3-5-19(16)18-8-10-23(15-18)11-9-20(24)17-6-7-21-22(14-17)26-13-12-25-21/h2-7,14,18H,8-13,15H2,1H3. The predicted octanol–water partition coefficient (Wildman–Crippen LogP) is 4.54. The zero-order valence-corrected chi connectivity index (χ0v) is 16.1. The molecule has 2 aliphatic rings. The zero-order chi connectivity index (χ0) is 17.9. The van der Waals surface area contributed by atoms with Gasteiger partial charge in [0.1, 0.15) is 5.75 Å². The maximum absolute atomic E-state index is 12.6. The monoisotopic (exact) mass is 367 g/mol. The summed E-state index contributed by atoms with van der Waals surface area (Å²) in [5.41, 5.74) is 3.66. The van der Waals surface area contributed by atoms with Gasteiger partial charge in [-0.2, -0.15) is 0 Å². The molecule has 2 heterocycles. The van der Waals surface area contributed by atoms with Gasteiger partial charge in [0, 0.05) is 30.8 Å². The number of likely N-dealkylation sites (tertiary alicyclic amines) is 1. The van der Waals surface area contributed by atoms with E-state index < -0.39 is 0 Å². The van der Waals surface area contributed by atoms with Crippen LogP contribution in [0.4, 0.5) is 0 Å². The van der Waals surface area contributed by atoms with Crippen molar-refractivity contribution < 1.29 is 9.53 Å². The maximum Gasteiger partial charge on any atom is 0.164 e. The number of thioether (sulfide) groups is 1. The van der Waals surface area contributed by atoms with Gasteiger partial charge < -0.3 is 9.64 Å². The summed E-state index contributed by atoms with van der Waals surface area (Å²) in [5.74, 6) is 2.71. The van der Waals surface area contributed by atoms with Gasteiger partial charge >= 0.3 is 0 Å². The Balaban J connectivity index is 1.33. The molecule has 1 saturated heterocycles. The van der Waals surface area contributed by atoms with Crippen LogP contribution in [0.2, 0.25) is 0 Å². The summed E-state index contributed by atoms with van der Waals surface area (Å²) in [7, 11) is 0. The van der Waals surface area contributed by atoms with Gasteiger partial charge in [-0.15, -0.1) is 11.8 Å². The van der Waals surface area contributed by atoms with Gasteiger partial charge in [0.25, 0.3) is 0 Å². The molecule has 2 aromatic rings. The van der Waals surface area contributed by atoms with E-state index in [1.165, 1.54) is 17.5 Å². The summed E-state index contributed by atoms with van der Waals surface area (Å²) in [4.78, 5) is 16.2.